The van der Waals surface area contributed by atoms with Gasteiger partial charge in [0.15, 0.2) is 5.65 Å². The van der Waals surface area contributed by atoms with E-state index in [2.05, 4.69) is 20.2 Å². The van der Waals surface area contributed by atoms with Gasteiger partial charge in [0.1, 0.15) is 11.6 Å². The molecule has 0 bridgehead atoms. The molecule has 152 valence electrons. The lowest BCUT2D eigenvalue weighted by molar-refractivity contribution is 0.409. The van der Waals surface area contributed by atoms with Crippen molar-refractivity contribution in [2.24, 2.45) is 0 Å². The van der Waals surface area contributed by atoms with Gasteiger partial charge >= 0.3 is 0 Å². The number of rotatable bonds is 5. The van der Waals surface area contributed by atoms with Crippen LogP contribution < -0.4 is 4.74 Å². The van der Waals surface area contributed by atoms with Crippen LogP contribution in [0, 0.1) is 12.3 Å². The zero-order valence-electron chi connectivity index (χ0n) is 17.3. The first kappa shape index (κ1) is 19.5. The molecule has 0 saturated carbocycles. The first-order chi connectivity index (χ1) is 14.4. The Morgan fingerprint density at radius 2 is 2.00 bits per heavy atom. The summed E-state index contributed by atoms with van der Waals surface area (Å²) in [6.45, 7) is 5.20. The highest BCUT2D eigenvalue weighted by Crippen LogP contribution is 2.33. The van der Waals surface area contributed by atoms with Gasteiger partial charge < -0.3 is 15.3 Å². The predicted octanol–water partition coefficient (Wildman–Crippen LogP) is 3.91. The minimum absolute atomic E-state index is 0.0526. The van der Waals surface area contributed by atoms with E-state index >= 15 is 0 Å². The van der Waals surface area contributed by atoms with Crippen LogP contribution in [-0.2, 0) is 6.42 Å². The fraction of sp³-hybridized carbons (Fsp3) is 0.227. The number of aromatic nitrogens is 5. The van der Waals surface area contributed by atoms with E-state index in [1.165, 1.54) is 0 Å². The average Bonchev–Trinajstić information content (AvgIpc) is 3.12. The van der Waals surface area contributed by atoms with Gasteiger partial charge in [-0.3, -0.25) is 14.4 Å². The number of nitrogens with zero attached hydrogens (tertiary/aromatic N) is 5. The largest absolute Gasteiger partial charge is 0.512 e. The SMILES string of the molecule is COc1cc2c(cc1/C(C(C)=N)=C(\C)O)ncc1nnc(Cc3ncccc3C)n12. The van der Waals surface area contributed by atoms with Crippen molar-refractivity contribution in [2.45, 2.75) is 27.2 Å². The Morgan fingerprint density at radius 1 is 1.20 bits per heavy atom. The second-order valence-electron chi connectivity index (χ2n) is 7.14. The van der Waals surface area contributed by atoms with Crippen LogP contribution in [0.25, 0.3) is 22.3 Å². The first-order valence-electron chi connectivity index (χ1n) is 9.47. The van der Waals surface area contributed by atoms with E-state index in [4.69, 9.17) is 10.1 Å². The van der Waals surface area contributed by atoms with Crippen LogP contribution in [0.2, 0.25) is 0 Å². The summed E-state index contributed by atoms with van der Waals surface area (Å²) in [5.41, 5.74) is 5.37. The van der Waals surface area contributed by atoms with Gasteiger partial charge in [-0.25, -0.2) is 0 Å². The molecule has 30 heavy (non-hydrogen) atoms. The molecular formula is C22H22N6O2. The smallest absolute Gasteiger partial charge is 0.179 e. The Morgan fingerprint density at radius 3 is 2.67 bits per heavy atom. The van der Waals surface area contributed by atoms with Gasteiger partial charge in [-0.2, -0.15) is 0 Å². The third-order valence-corrected chi connectivity index (χ3v) is 5.06. The van der Waals surface area contributed by atoms with E-state index in [0.29, 0.717) is 34.5 Å². The molecule has 0 fully saturated rings. The van der Waals surface area contributed by atoms with E-state index < -0.39 is 0 Å². The van der Waals surface area contributed by atoms with Crippen molar-refractivity contribution in [3.63, 3.8) is 0 Å². The zero-order valence-corrected chi connectivity index (χ0v) is 17.3. The number of hydrogen-bond acceptors (Lipinski definition) is 7. The number of benzene rings is 1. The van der Waals surface area contributed by atoms with Crippen LogP contribution in [-0.4, -0.2) is 42.5 Å². The Bertz CT molecular complexity index is 1320. The number of methoxy groups -OCH3 is 1. The zero-order chi connectivity index (χ0) is 21.4. The van der Waals surface area contributed by atoms with Gasteiger partial charge in [0.2, 0.25) is 0 Å². The second kappa shape index (κ2) is 7.55. The number of aliphatic hydroxyl groups excluding tert-OH is 1. The van der Waals surface area contributed by atoms with E-state index in [0.717, 1.165) is 22.6 Å². The summed E-state index contributed by atoms with van der Waals surface area (Å²) in [6, 6.07) is 7.59. The topological polar surface area (TPSA) is 109 Å². The molecule has 0 spiro atoms. The van der Waals surface area contributed by atoms with Crippen molar-refractivity contribution in [3.8, 4) is 5.75 Å². The Kier molecular flexibility index (Phi) is 4.91. The maximum atomic E-state index is 10.1. The molecule has 0 radical (unpaired) electrons. The van der Waals surface area contributed by atoms with Crippen molar-refractivity contribution >= 4 is 28.0 Å². The number of allylic oxidation sites excluding steroid dienone is 2. The summed E-state index contributed by atoms with van der Waals surface area (Å²) in [4.78, 5) is 8.99. The molecule has 0 unspecified atom stereocenters. The molecule has 8 nitrogen and oxygen atoms in total. The second-order valence-corrected chi connectivity index (χ2v) is 7.14. The van der Waals surface area contributed by atoms with Crippen LogP contribution in [0.15, 0.2) is 42.4 Å². The standard InChI is InChI=1S/C22H22N6O2/c1-12-6-5-7-24-16(12)9-20-26-27-21-11-25-17-8-15(22(13(2)23)14(3)29)19(30-4)10-18(17)28(20)21/h5-8,10-11,23,29H,9H2,1-4H3/b22-14+,23-13?. The summed E-state index contributed by atoms with van der Waals surface area (Å²) in [7, 11) is 1.56. The minimum Gasteiger partial charge on any atom is -0.512 e. The number of fused-ring (bicyclic) bond motifs is 3. The van der Waals surface area contributed by atoms with Crippen LogP contribution in [0.5, 0.6) is 5.75 Å². The minimum atomic E-state index is 0.0526. The van der Waals surface area contributed by atoms with Crippen molar-refractivity contribution in [2.75, 3.05) is 7.11 Å². The number of nitrogens with one attached hydrogen (secondary N) is 1. The highest BCUT2D eigenvalue weighted by atomic mass is 16.5. The van der Waals surface area contributed by atoms with E-state index in [1.54, 1.807) is 33.4 Å². The number of hydrogen-bond donors (Lipinski definition) is 2. The summed E-state index contributed by atoms with van der Waals surface area (Å²) in [6.07, 6.45) is 3.95. The fourth-order valence-corrected chi connectivity index (χ4v) is 3.64. The average molecular weight is 402 g/mol. The maximum absolute atomic E-state index is 10.1. The normalized spacial score (nSPS) is 12.3. The lowest BCUT2D eigenvalue weighted by atomic mass is 9.99. The third kappa shape index (κ3) is 3.26. The highest BCUT2D eigenvalue weighted by molar-refractivity contribution is 6.22. The van der Waals surface area contributed by atoms with Crippen LogP contribution in [0.4, 0.5) is 0 Å². The lowest BCUT2D eigenvalue weighted by Gasteiger charge is -2.14. The highest BCUT2D eigenvalue weighted by Gasteiger charge is 2.19. The Hall–Kier alpha value is -3.81. The van der Waals surface area contributed by atoms with Gasteiger partial charge in [-0.1, -0.05) is 6.07 Å². The van der Waals surface area contributed by atoms with Crippen molar-refractivity contribution in [1.29, 1.82) is 5.41 Å². The molecule has 0 atom stereocenters. The van der Waals surface area contributed by atoms with E-state index in [-0.39, 0.29) is 11.5 Å². The lowest BCUT2D eigenvalue weighted by Crippen LogP contribution is -2.05. The maximum Gasteiger partial charge on any atom is 0.179 e. The number of pyridine rings is 1. The molecule has 0 aliphatic rings. The number of aryl methyl sites for hydroxylation is 1. The Labute approximate surface area is 173 Å². The van der Waals surface area contributed by atoms with Gasteiger partial charge in [0.05, 0.1) is 42.2 Å². The van der Waals surface area contributed by atoms with Crippen LogP contribution in [0.1, 0.15) is 36.5 Å². The molecule has 3 aromatic heterocycles. The molecule has 0 saturated heterocycles. The van der Waals surface area contributed by atoms with Crippen molar-refractivity contribution in [3.05, 3.63) is 65.1 Å². The molecule has 0 amide bonds. The molecule has 3 heterocycles. The summed E-state index contributed by atoms with van der Waals surface area (Å²) in [5, 5.41) is 26.8. The molecular weight excluding hydrogens is 380 g/mol. The predicted molar refractivity (Wildman–Crippen MR) is 115 cm³/mol. The summed E-state index contributed by atoms with van der Waals surface area (Å²) < 4.78 is 7.54. The van der Waals surface area contributed by atoms with Gasteiger partial charge in [-0.05, 0) is 38.5 Å². The molecule has 0 aliphatic heterocycles. The fourth-order valence-electron chi connectivity index (χ4n) is 3.64. The quantitative estimate of drug-likeness (QED) is 0.387. The molecule has 2 N–H and O–H groups in total. The summed E-state index contributed by atoms with van der Waals surface area (Å²) >= 11 is 0. The van der Waals surface area contributed by atoms with Crippen molar-refractivity contribution < 1.29 is 9.84 Å². The van der Waals surface area contributed by atoms with E-state index in [9.17, 15) is 5.11 Å². The van der Waals surface area contributed by atoms with Gasteiger partial charge in [0.25, 0.3) is 0 Å². The van der Waals surface area contributed by atoms with Gasteiger partial charge in [-0.15, -0.1) is 10.2 Å². The van der Waals surface area contributed by atoms with Crippen LogP contribution in [0.3, 0.4) is 0 Å². The van der Waals surface area contributed by atoms with E-state index in [1.807, 2.05) is 35.6 Å². The van der Waals surface area contributed by atoms with Gasteiger partial charge in [0, 0.05) is 29.1 Å². The van der Waals surface area contributed by atoms with Crippen LogP contribution >= 0.6 is 0 Å². The number of aliphatic hydroxyl groups is 1. The number of ether oxygens (including phenoxy) is 1. The molecule has 4 aromatic rings. The third-order valence-electron chi connectivity index (χ3n) is 5.06. The summed E-state index contributed by atoms with van der Waals surface area (Å²) in [5.74, 6) is 1.32. The monoisotopic (exact) mass is 402 g/mol. The molecule has 4 rings (SSSR count). The van der Waals surface area contributed by atoms with Crippen molar-refractivity contribution in [1.82, 2.24) is 24.6 Å². The Balaban J connectivity index is 1.96. The first-order valence-corrected chi connectivity index (χ1v) is 9.47. The molecule has 1 aromatic carbocycles. The molecule has 0 aliphatic carbocycles. The molecule has 8 heteroatoms.